The number of aryl methyl sites for hydroxylation is 1. The van der Waals surface area contributed by atoms with Crippen molar-refractivity contribution in [1.82, 2.24) is 0 Å². The molecule has 0 unspecified atom stereocenters. The number of hydrogen-bond acceptors (Lipinski definition) is 4. The van der Waals surface area contributed by atoms with Crippen LogP contribution in [-0.4, -0.2) is 33.7 Å². The minimum absolute atomic E-state index is 0.130. The van der Waals surface area contributed by atoms with Gasteiger partial charge in [0.15, 0.2) is 6.61 Å². The number of ether oxygens (including phenoxy) is 1. The van der Waals surface area contributed by atoms with Crippen molar-refractivity contribution in [2.24, 2.45) is 0 Å². The number of carbonyl (C=O) groups is 1. The van der Waals surface area contributed by atoms with Gasteiger partial charge in [-0.05, 0) is 55.2 Å². The summed E-state index contributed by atoms with van der Waals surface area (Å²) in [5.41, 5.74) is 3.47. The molecule has 0 fully saturated rings. The van der Waals surface area contributed by atoms with Crippen LogP contribution in [0.4, 0.5) is 11.4 Å². The fourth-order valence-corrected chi connectivity index (χ4v) is 3.96. The van der Waals surface area contributed by atoms with Crippen molar-refractivity contribution in [3.05, 3.63) is 53.6 Å². The minimum Gasteiger partial charge on any atom is -0.484 e. The number of benzene rings is 2. The molecular formula is C21H28N2O4S. The van der Waals surface area contributed by atoms with E-state index in [9.17, 15) is 13.2 Å². The Morgan fingerprint density at radius 1 is 1.14 bits per heavy atom. The maximum Gasteiger partial charge on any atom is 0.262 e. The van der Waals surface area contributed by atoms with E-state index in [4.69, 9.17) is 4.74 Å². The van der Waals surface area contributed by atoms with E-state index >= 15 is 0 Å². The Morgan fingerprint density at radius 2 is 1.79 bits per heavy atom. The Bertz CT molecular complexity index is 922. The first-order chi connectivity index (χ1) is 13.1. The summed E-state index contributed by atoms with van der Waals surface area (Å²) in [6.07, 6.45) is 1.17. The van der Waals surface area contributed by atoms with E-state index in [0.29, 0.717) is 23.9 Å². The second-order valence-electron chi connectivity index (χ2n) is 6.95. The van der Waals surface area contributed by atoms with Crippen molar-refractivity contribution in [3.8, 4) is 5.75 Å². The van der Waals surface area contributed by atoms with E-state index in [1.165, 1.54) is 10.6 Å². The quantitative estimate of drug-likeness (QED) is 0.723. The molecule has 6 nitrogen and oxygen atoms in total. The highest BCUT2D eigenvalue weighted by Crippen LogP contribution is 2.27. The molecule has 2 aromatic rings. The van der Waals surface area contributed by atoms with Crippen LogP contribution in [0.15, 0.2) is 42.5 Å². The van der Waals surface area contributed by atoms with E-state index in [1.807, 2.05) is 25.1 Å². The van der Waals surface area contributed by atoms with E-state index in [2.05, 4.69) is 19.2 Å². The van der Waals surface area contributed by atoms with Crippen LogP contribution >= 0.6 is 0 Å². The van der Waals surface area contributed by atoms with Gasteiger partial charge >= 0.3 is 0 Å². The van der Waals surface area contributed by atoms with Crippen LogP contribution < -0.4 is 14.4 Å². The fourth-order valence-electron chi connectivity index (χ4n) is 2.98. The highest BCUT2D eigenvalue weighted by molar-refractivity contribution is 7.92. The molecule has 1 N–H and O–H groups in total. The zero-order valence-corrected chi connectivity index (χ0v) is 17.8. The van der Waals surface area contributed by atoms with Gasteiger partial charge in [-0.15, -0.1) is 0 Å². The molecule has 0 saturated carbocycles. The molecule has 0 aromatic heterocycles. The molecule has 2 rings (SSSR count). The van der Waals surface area contributed by atoms with E-state index < -0.39 is 10.0 Å². The zero-order valence-electron chi connectivity index (χ0n) is 17.0. The molecule has 1 amide bonds. The maximum absolute atomic E-state index is 12.3. The summed E-state index contributed by atoms with van der Waals surface area (Å²) in [4.78, 5) is 12.3. The van der Waals surface area contributed by atoms with Crippen LogP contribution in [0.25, 0.3) is 0 Å². The van der Waals surface area contributed by atoms with Gasteiger partial charge in [-0.1, -0.05) is 32.0 Å². The third-order valence-electron chi connectivity index (χ3n) is 4.37. The topological polar surface area (TPSA) is 75.7 Å². The number of sulfonamides is 1. The van der Waals surface area contributed by atoms with Crippen molar-refractivity contribution in [2.45, 2.75) is 33.6 Å². The number of hydrogen-bond donors (Lipinski definition) is 1. The lowest BCUT2D eigenvalue weighted by Gasteiger charge is -2.20. The van der Waals surface area contributed by atoms with Crippen molar-refractivity contribution >= 4 is 27.3 Å². The number of carbonyl (C=O) groups excluding carboxylic acids is 1. The highest BCUT2D eigenvalue weighted by atomic mass is 32.2. The largest absolute Gasteiger partial charge is 0.484 e. The van der Waals surface area contributed by atoms with Gasteiger partial charge in [0.05, 0.1) is 11.9 Å². The number of amides is 1. The summed E-state index contributed by atoms with van der Waals surface area (Å²) < 4.78 is 30.4. The van der Waals surface area contributed by atoms with Crippen LogP contribution in [0.5, 0.6) is 5.75 Å². The maximum atomic E-state index is 12.3. The summed E-state index contributed by atoms with van der Waals surface area (Å²) in [5, 5.41) is 2.94. The van der Waals surface area contributed by atoms with Crippen LogP contribution in [-0.2, 0) is 14.8 Å². The molecule has 0 saturated heterocycles. The smallest absolute Gasteiger partial charge is 0.262 e. The van der Waals surface area contributed by atoms with Crippen LogP contribution in [0, 0.1) is 6.92 Å². The molecule has 2 aromatic carbocycles. The Morgan fingerprint density at radius 3 is 2.32 bits per heavy atom. The van der Waals surface area contributed by atoms with Crippen LogP contribution in [0.3, 0.4) is 0 Å². The molecule has 0 aliphatic heterocycles. The van der Waals surface area contributed by atoms with Crippen LogP contribution in [0.2, 0.25) is 0 Å². The predicted molar refractivity (Wildman–Crippen MR) is 114 cm³/mol. The summed E-state index contributed by atoms with van der Waals surface area (Å²) in [7, 11) is -3.33. The van der Waals surface area contributed by atoms with Gasteiger partial charge in [-0.25, -0.2) is 8.42 Å². The van der Waals surface area contributed by atoms with E-state index in [1.54, 1.807) is 31.2 Å². The average Bonchev–Trinajstić information content (AvgIpc) is 2.62. The molecule has 152 valence electrons. The molecule has 28 heavy (non-hydrogen) atoms. The van der Waals surface area contributed by atoms with Gasteiger partial charge in [0, 0.05) is 12.2 Å². The summed E-state index contributed by atoms with van der Waals surface area (Å²) in [6.45, 7) is 8.11. The molecule has 0 atom stereocenters. The third kappa shape index (κ3) is 5.48. The average molecular weight is 405 g/mol. The first-order valence-corrected chi connectivity index (χ1v) is 11.1. The zero-order chi connectivity index (χ0) is 20.9. The van der Waals surface area contributed by atoms with E-state index in [-0.39, 0.29) is 12.5 Å². The van der Waals surface area contributed by atoms with Gasteiger partial charge in [0.2, 0.25) is 10.0 Å². The van der Waals surface area contributed by atoms with Crippen molar-refractivity contribution in [2.75, 3.05) is 29.0 Å². The first-order valence-electron chi connectivity index (χ1n) is 9.23. The summed E-state index contributed by atoms with van der Waals surface area (Å²) >= 11 is 0. The van der Waals surface area contributed by atoms with E-state index in [0.717, 1.165) is 16.8 Å². The standard InChI is InChI=1S/C21H28N2O4S/c1-6-23(28(5,25)26)17-10-12-18(13-11-17)27-14-20(24)22-21-16(4)8-7-9-19(21)15(2)3/h7-13,15H,6,14H2,1-5H3,(H,22,24). The Labute approximate surface area is 167 Å². The predicted octanol–water partition coefficient (Wildman–Crippen LogP) is 3.92. The van der Waals surface area contributed by atoms with Crippen LogP contribution in [0.1, 0.15) is 37.8 Å². The normalized spacial score (nSPS) is 11.4. The molecule has 0 aliphatic carbocycles. The Kier molecular flexibility index (Phi) is 7.07. The van der Waals surface area contributed by atoms with Gasteiger partial charge < -0.3 is 10.1 Å². The molecule has 7 heteroatoms. The highest BCUT2D eigenvalue weighted by Gasteiger charge is 2.15. The molecule has 0 aliphatic rings. The fraction of sp³-hybridized carbons (Fsp3) is 0.381. The molecule has 0 bridgehead atoms. The SMILES string of the molecule is CCN(c1ccc(OCC(=O)Nc2c(C)cccc2C(C)C)cc1)S(C)(=O)=O. The van der Waals surface area contributed by atoms with Gasteiger partial charge in [0.1, 0.15) is 5.75 Å². The number of anilines is 2. The summed E-state index contributed by atoms with van der Waals surface area (Å²) in [5.74, 6) is 0.545. The first kappa shape index (κ1) is 21.8. The van der Waals surface area contributed by atoms with Gasteiger partial charge in [-0.3, -0.25) is 9.10 Å². The van der Waals surface area contributed by atoms with Gasteiger partial charge in [0.25, 0.3) is 5.91 Å². The number of para-hydroxylation sites is 1. The third-order valence-corrected chi connectivity index (χ3v) is 5.64. The molecule has 0 heterocycles. The Hall–Kier alpha value is -2.54. The lowest BCUT2D eigenvalue weighted by atomic mass is 9.98. The molecule has 0 spiro atoms. The van der Waals surface area contributed by atoms with Crippen molar-refractivity contribution in [1.29, 1.82) is 0 Å². The molecular weight excluding hydrogens is 376 g/mol. The van der Waals surface area contributed by atoms with Crippen molar-refractivity contribution in [3.63, 3.8) is 0 Å². The second-order valence-corrected chi connectivity index (χ2v) is 8.86. The number of nitrogens with zero attached hydrogens (tertiary/aromatic N) is 1. The monoisotopic (exact) mass is 404 g/mol. The second kappa shape index (κ2) is 9.10. The number of nitrogens with one attached hydrogen (secondary N) is 1. The minimum atomic E-state index is -3.33. The lowest BCUT2D eigenvalue weighted by Crippen LogP contribution is -2.29. The number of rotatable bonds is 8. The van der Waals surface area contributed by atoms with Gasteiger partial charge in [-0.2, -0.15) is 0 Å². The summed E-state index contributed by atoms with van der Waals surface area (Å²) in [6, 6.07) is 12.6. The Balaban J connectivity index is 2.03. The molecule has 0 radical (unpaired) electrons. The van der Waals surface area contributed by atoms with Crippen molar-refractivity contribution < 1.29 is 17.9 Å². The lowest BCUT2D eigenvalue weighted by molar-refractivity contribution is -0.118.